The number of anilines is 1. The standard InChI is InChI=1S/C13H20ClN3O2/c1-9(2)10-11(14)15-8-16-12(10)17-13(7-18)3-5-19-6-4-13/h8-9,18H,3-7H2,1-2H3,(H,15,16,17). The van der Waals surface area contributed by atoms with Crippen LogP contribution in [0, 0.1) is 0 Å². The second-order valence-corrected chi connectivity index (χ2v) is 5.62. The molecule has 19 heavy (non-hydrogen) atoms. The fourth-order valence-corrected chi connectivity index (χ4v) is 2.67. The van der Waals surface area contributed by atoms with E-state index in [9.17, 15) is 5.11 Å². The van der Waals surface area contributed by atoms with Gasteiger partial charge < -0.3 is 15.2 Å². The summed E-state index contributed by atoms with van der Waals surface area (Å²) in [5.74, 6) is 0.928. The predicted octanol–water partition coefficient (Wildman–Crippen LogP) is 2.21. The van der Waals surface area contributed by atoms with Crippen LogP contribution in [0.4, 0.5) is 5.82 Å². The van der Waals surface area contributed by atoms with E-state index in [1.54, 1.807) is 0 Å². The van der Waals surface area contributed by atoms with Crippen molar-refractivity contribution >= 4 is 17.4 Å². The maximum Gasteiger partial charge on any atom is 0.138 e. The third kappa shape index (κ3) is 3.16. The molecular formula is C13H20ClN3O2. The number of aliphatic hydroxyl groups excluding tert-OH is 1. The third-order valence-corrected chi connectivity index (χ3v) is 3.85. The Morgan fingerprint density at radius 1 is 1.42 bits per heavy atom. The lowest BCUT2D eigenvalue weighted by molar-refractivity contribution is 0.0378. The molecule has 2 N–H and O–H groups in total. The molecule has 6 heteroatoms. The van der Waals surface area contributed by atoms with Gasteiger partial charge in [-0.3, -0.25) is 0 Å². The van der Waals surface area contributed by atoms with Crippen LogP contribution >= 0.6 is 11.6 Å². The first-order valence-corrected chi connectivity index (χ1v) is 6.93. The summed E-state index contributed by atoms with van der Waals surface area (Å²) in [6.45, 7) is 5.43. The molecule has 0 aliphatic carbocycles. The summed E-state index contributed by atoms with van der Waals surface area (Å²) in [5.41, 5.74) is 0.517. The number of hydrogen-bond acceptors (Lipinski definition) is 5. The normalized spacial score (nSPS) is 18.6. The predicted molar refractivity (Wildman–Crippen MR) is 74.6 cm³/mol. The van der Waals surface area contributed by atoms with Crippen LogP contribution in [0.2, 0.25) is 5.15 Å². The smallest absolute Gasteiger partial charge is 0.138 e. The van der Waals surface area contributed by atoms with Crippen molar-refractivity contribution in [3.05, 3.63) is 17.0 Å². The summed E-state index contributed by atoms with van der Waals surface area (Å²) in [7, 11) is 0. The van der Waals surface area contributed by atoms with Gasteiger partial charge in [0.05, 0.1) is 12.1 Å². The summed E-state index contributed by atoms with van der Waals surface area (Å²) in [6.07, 6.45) is 2.95. The Kier molecular flexibility index (Phi) is 4.60. The highest BCUT2D eigenvalue weighted by Gasteiger charge is 2.33. The maximum atomic E-state index is 9.71. The van der Waals surface area contributed by atoms with Crippen LogP contribution < -0.4 is 5.32 Å². The van der Waals surface area contributed by atoms with E-state index < -0.39 is 0 Å². The first kappa shape index (κ1) is 14.5. The molecule has 0 radical (unpaired) electrons. The van der Waals surface area contributed by atoms with E-state index in [0.717, 1.165) is 18.4 Å². The van der Waals surface area contributed by atoms with Crippen molar-refractivity contribution < 1.29 is 9.84 Å². The quantitative estimate of drug-likeness (QED) is 0.830. The zero-order valence-electron chi connectivity index (χ0n) is 11.3. The van der Waals surface area contributed by atoms with Crippen molar-refractivity contribution in [2.45, 2.75) is 38.1 Å². The van der Waals surface area contributed by atoms with Gasteiger partial charge in [-0.15, -0.1) is 0 Å². The number of rotatable bonds is 4. The van der Waals surface area contributed by atoms with E-state index in [-0.39, 0.29) is 18.1 Å². The van der Waals surface area contributed by atoms with E-state index in [4.69, 9.17) is 16.3 Å². The Bertz CT molecular complexity index is 434. The van der Waals surface area contributed by atoms with Gasteiger partial charge in [0.15, 0.2) is 0 Å². The van der Waals surface area contributed by atoms with Gasteiger partial charge in [-0.25, -0.2) is 9.97 Å². The van der Waals surface area contributed by atoms with Crippen LogP contribution in [0.15, 0.2) is 6.33 Å². The SMILES string of the molecule is CC(C)c1c(Cl)ncnc1NC1(CO)CCOCC1. The number of aliphatic hydroxyl groups is 1. The Hall–Kier alpha value is -0.910. The van der Waals surface area contributed by atoms with Gasteiger partial charge in [0, 0.05) is 18.8 Å². The number of halogens is 1. The number of hydrogen-bond donors (Lipinski definition) is 2. The summed E-state index contributed by atoms with van der Waals surface area (Å²) in [6, 6.07) is 0. The fraction of sp³-hybridized carbons (Fsp3) is 0.692. The van der Waals surface area contributed by atoms with Gasteiger partial charge >= 0.3 is 0 Å². The monoisotopic (exact) mass is 285 g/mol. The second-order valence-electron chi connectivity index (χ2n) is 5.26. The van der Waals surface area contributed by atoms with Crippen LogP contribution in [0.5, 0.6) is 0 Å². The van der Waals surface area contributed by atoms with E-state index in [0.29, 0.717) is 24.2 Å². The summed E-state index contributed by atoms with van der Waals surface area (Å²) < 4.78 is 5.36. The van der Waals surface area contributed by atoms with Crippen molar-refractivity contribution in [3.63, 3.8) is 0 Å². The molecule has 0 spiro atoms. The lowest BCUT2D eigenvalue weighted by Gasteiger charge is -2.37. The lowest BCUT2D eigenvalue weighted by Crippen LogP contribution is -2.47. The molecule has 0 saturated carbocycles. The van der Waals surface area contributed by atoms with E-state index in [2.05, 4.69) is 15.3 Å². The highest BCUT2D eigenvalue weighted by atomic mass is 35.5. The molecule has 0 atom stereocenters. The molecule has 5 nitrogen and oxygen atoms in total. The van der Waals surface area contributed by atoms with Gasteiger partial charge in [-0.1, -0.05) is 25.4 Å². The first-order valence-electron chi connectivity index (χ1n) is 6.55. The lowest BCUT2D eigenvalue weighted by atomic mass is 9.90. The van der Waals surface area contributed by atoms with Crippen LogP contribution in [-0.4, -0.2) is 40.4 Å². The minimum Gasteiger partial charge on any atom is -0.394 e. The van der Waals surface area contributed by atoms with E-state index in [1.807, 2.05) is 13.8 Å². The molecule has 1 fully saturated rings. The highest BCUT2D eigenvalue weighted by molar-refractivity contribution is 6.30. The molecule has 2 rings (SSSR count). The molecule has 1 aliphatic rings. The summed E-state index contributed by atoms with van der Waals surface area (Å²) >= 11 is 6.15. The number of nitrogens with zero attached hydrogens (tertiary/aromatic N) is 2. The molecular weight excluding hydrogens is 266 g/mol. The van der Waals surface area contributed by atoms with Gasteiger partial charge in [-0.2, -0.15) is 0 Å². The zero-order valence-corrected chi connectivity index (χ0v) is 12.1. The Morgan fingerprint density at radius 3 is 2.68 bits per heavy atom. The highest BCUT2D eigenvalue weighted by Crippen LogP contribution is 2.32. The van der Waals surface area contributed by atoms with Gasteiger partial charge in [0.2, 0.25) is 0 Å². The van der Waals surface area contributed by atoms with Crippen LogP contribution in [0.1, 0.15) is 38.2 Å². The zero-order chi connectivity index (χ0) is 13.9. The average molecular weight is 286 g/mol. The first-order chi connectivity index (χ1) is 9.08. The molecule has 1 saturated heterocycles. The Balaban J connectivity index is 2.29. The molecule has 2 heterocycles. The van der Waals surface area contributed by atoms with Crippen LogP contribution in [-0.2, 0) is 4.74 Å². The Morgan fingerprint density at radius 2 is 2.11 bits per heavy atom. The molecule has 1 aliphatic heterocycles. The minimum absolute atomic E-state index is 0.0511. The number of ether oxygens (including phenoxy) is 1. The number of aromatic nitrogens is 2. The fourth-order valence-electron chi connectivity index (χ4n) is 2.32. The van der Waals surface area contributed by atoms with Gasteiger partial charge in [-0.05, 0) is 18.8 Å². The van der Waals surface area contributed by atoms with Crippen molar-refractivity contribution in [2.75, 3.05) is 25.1 Å². The summed E-state index contributed by atoms with van der Waals surface area (Å²) in [4.78, 5) is 8.32. The Labute approximate surface area is 118 Å². The summed E-state index contributed by atoms with van der Waals surface area (Å²) in [5, 5.41) is 13.5. The average Bonchev–Trinajstić information content (AvgIpc) is 2.39. The maximum absolute atomic E-state index is 9.71. The van der Waals surface area contributed by atoms with Crippen LogP contribution in [0.3, 0.4) is 0 Å². The third-order valence-electron chi connectivity index (χ3n) is 3.55. The van der Waals surface area contributed by atoms with E-state index in [1.165, 1.54) is 6.33 Å². The van der Waals surface area contributed by atoms with Crippen molar-refractivity contribution in [2.24, 2.45) is 0 Å². The van der Waals surface area contributed by atoms with Crippen molar-refractivity contribution in [1.82, 2.24) is 9.97 Å². The minimum atomic E-state index is -0.375. The molecule has 0 bridgehead atoms. The van der Waals surface area contributed by atoms with Crippen molar-refractivity contribution in [3.8, 4) is 0 Å². The molecule has 1 aromatic heterocycles. The largest absolute Gasteiger partial charge is 0.394 e. The molecule has 0 amide bonds. The molecule has 106 valence electrons. The number of nitrogens with one attached hydrogen (secondary N) is 1. The molecule has 0 aromatic carbocycles. The van der Waals surface area contributed by atoms with Gasteiger partial charge in [0.25, 0.3) is 0 Å². The molecule has 0 unspecified atom stereocenters. The topological polar surface area (TPSA) is 67.3 Å². The van der Waals surface area contributed by atoms with E-state index >= 15 is 0 Å². The molecule has 1 aromatic rings. The second kappa shape index (κ2) is 6.03. The van der Waals surface area contributed by atoms with Crippen molar-refractivity contribution in [1.29, 1.82) is 0 Å². The van der Waals surface area contributed by atoms with Crippen LogP contribution in [0.25, 0.3) is 0 Å². The van der Waals surface area contributed by atoms with Gasteiger partial charge in [0.1, 0.15) is 17.3 Å².